The Kier molecular flexibility index (Phi) is 3.93. The highest BCUT2D eigenvalue weighted by Crippen LogP contribution is 2.29. The molecule has 3 rings (SSSR count). The van der Waals surface area contributed by atoms with Gasteiger partial charge in [-0.05, 0) is 12.1 Å². The largest absolute Gasteiger partial charge is 0.332 e. The highest BCUT2D eigenvalue weighted by atomic mass is 32.2. The van der Waals surface area contributed by atoms with Crippen molar-refractivity contribution in [3.63, 3.8) is 0 Å². The lowest BCUT2D eigenvalue weighted by Gasteiger charge is -2.42. The minimum atomic E-state index is -3.53. The van der Waals surface area contributed by atoms with E-state index in [0.29, 0.717) is 5.56 Å². The normalized spacial score (nSPS) is 27.6. The van der Waals surface area contributed by atoms with Crippen molar-refractivity contribution in [3.05, 3.63) is 30.1 Å². The molecule has 2 fully saturated rings. The molecular weight excluding hydrogens is 342 g/mol. The monoisotopic (exact) mass is 359 g/mol. The van der Waals surface area contributed by atoms with Crippen LogP contribution in [0.4, 0.5) is 0 Å². The van der Waals surface area contributed by atoms with Gasteiger partial charge in [-0.15, -0.1) is 0 Å². The van der Waals surface area contributed by atoms with Gasteiger partial charge in [0.05, 0.1) is 35.4 Å². The molecule has 126 valence electrons. The summed E-state index contributed by atoms with van der Waals surface area (Å²) in [6.45, 7) is 0.263. The molecule has 3 heterocycles. The van der Waals surface area contributed by atoms with Crippen LogP contribution in [0.2, 0.25) is 0 Å². The average molecular weight is 359 g/mol. The highest BCUT2D eigenvalue weighted by Gasteiger charge is 2.50. The molecule has 0 bridgehead atoms. The van der Waals surface area contributed by atoms with Crippen LogP contribution in [-0.4, -0.2) is 79.9 Å². The first kappa shape index (κ1) is 16.3. The van der Waals surface area contributed by atoms with Crippen LogP contribution in [-0.2, 0) is 19.9 Å². The molecule has 2 aliphatic rings. The molecule has 0 unspecified atom stereocenters. The van der Waals surface area contributed by atoms with Crippen molar-refractivity contribution in [1.82, 2.24) is 14.2 Å². The number of carbonyl (C=O) groups excluding carboxylic acids is 1. The molecule has 0 aliphatic carbocycles. The average Bonchev–Trinajstić information content (AvgIpc) is 2.79. The van der Waals surface area contributed by atoms with E-state index in [1.807, 2.05) is 0 Å². The third-order valence-corrected chi connectivity index (χ3v) is 7.22. The lowest BCUT2D eigenvalue weighted by atomic mass is 10.1. The number of pyridine rings is 1. The van der Waals surface area contributed by atoms with Crippen molar-refractivity contribution in [2.45, 2.75) is 12.1 Å². The van der Waals surface area contributed by atoms with Crippen molar-refractivity contribution in [2.24, 2.45) is 0 Å². The summed E-state index contributed by atoms with van der Waals surface area (Å²) < 4.78 is 49.0. The minimum absolute atomic E-state index is 0.0987. The minimum Gasteiger partial charge on any atom is -0.332 e. The summed E-state index contributed by atoms with van der Waals surface area (Å²) in [5.74, 6) is -0.782. The molecule has 8 nitrogen and oxygen atoms in total. The number of nitrogens with zero attached hydrogens (tertiary/aromatic N) is 3. The number of hydrogen-bond acceptors (Lipinski definition) is 6. The van der Waals surface area contributed by atoms with Gasteiger partial charge in [0.25, 0.3) is 5.91 Å². The second-order valence-corrected chi connectivity index (χ2v) is 9.91. The summed E-state index contributed by atoms with van der Waals surface area (Å²) in [5, 5.41) is 0. The third kappa shape index (κ3) is 3.10. The lowest BCUT2D eigenvalue weighted by molar-refractivity contribution is 0.0516. The van der Waals surface area contributed by atoms with Crippen molar-refractivity contribution in [1.29, 1.82) is 0 Å². The summed E-state index contributed by atoms with van der Waals surface area (Å²) in [4.78, 5) is 18.0. The zero-order valence-electron chi connectivity index (χ0n) is 12.5. The molecule has 0 radical (unpaired) electrons. The maximum absolute atomic E-state index is 12.6. The van der Waals surface area contributed by atoms with Crippen LogP contribution in [0.3, 0.4) is 0 Å². The summed E-state index contributed by atoms with van der Waals surface area (Å²) >= 11 is 0. The summed E-state index contributed by atoms with van der Waals surface area (Å²) in [6, 6.07) is 1.86. The number of hydrogen-bond donors (Lipinski definition) is 0. The maximum Gasteiger partial charge on any atom is 0.255 e. The Hall–Kier alpha value is -1.52. The van der Waals surface area contributed by atoms with Crippen molar-refractivity contribution in [2.75, 3.05) is 30.9 Å². The molecule has 23 heavy (non-hydrogen) atoms. The van der Waals surface area contributed by atoms with E-state index in [1.54, 1.807) is 18.3 Å². The van der Waals surface area contributed by atoms with Crippen molar-refractivity contribution >= 4 is 25.8 Å². The zero-order valence-corrected chi connectivity index (χ0v) is 14.1. The van der Waals surface area contributed by atoms with Crippen LogP contribution in [0.5, 0.6) is 0 Å². The van der Waals surface area contributed by atoms with E-state index in [0.717, 1.165) is 6.26 Å². The second kappa shape index (κ2) is 5.53. The Bertz CT molecular complexity index is 822. The Morgan fingerprint density at radius 1 is 1.26 bits per heavy atom. The van der Waals surface area contributed by atoms with Crippen LogP contribution in [0.25, 0.3) is 0 Å². The topological polar surface area (TPSA) is 105 Å². The third-order valence-electron chi connectivity index (χ3n) is 4.22. The van der Waals surface area contributed by atoms with E-state index in [9.17, 15) is 21.6 Å². The van der Waals surface area contributed by atoms with Crippen molar-refractivity contribution in [3.8, 4) is 0 Å². The second-order valence-electron chi connectivity index (χ2n) is 5.83. The summed E-state index contributed by atoms with van der Waals surface area (Å²) in [7, 11) is -6.91. The first-order chi connectivity index (χ1) is 10.7. The number of piperazine rings is 1. The molecule has 0 aromatic carbocycles. The van der Waals surface area contributed by atoms with E-state index in [2.05, 4.69) is 4.98 Å². The fourth-order valence-corrected chi connectivity index (χ4v) is 6.44. The molecule has 2 atom stereocenters. The van der Waals surface area contributed by atoms with E-state index >= 15 is 0 Å². The van der Waals surface area contributed by atoms with Gasteiger partial charge in [0.2, 0.25) is 10.0 Å². The number of sulfone groups is 1. The first-order valence-corrected chi connectivity index (χ1v) is 10.7. The van der Waals surface area contributed by atoms with Crippen molar-refractivity contribution < 1.29 is 21.6 Å². The van der Waals surface area contributed by atoms with Crippen LogP contribution in [0.15, 0.2) is 24.5 Å². The Balaban J connectivity index is 1.95. The van der Waals surface area contributed by atoms with E-state index in [-0.39, 0.29) is 30.5 Å². The van der Waals surface area contributed by atoms with Crippen LogP contribution >= 0.6 is 0 Å². The molecule has 0 spiro atoms. The smallest absolute Gasteiger partial charge is 0.255 e. The van der Waals surface area contributed by atoms with E-state index in [4.69, 9.17) is 0 Å². The quantitative estimate of drug-likeness (QED) is 0.668. The van der Waals surface area contributed by atoms with E-state index in [1.165, 1.54) is 15.4 Å². The number of rotatable bonds is 2. The molecule has 0 saturated carbocycles. The molecule has 1 aromatic heterocycles. The summed E-state index contributed by atoms with van der Waals surface area (Å²) in [6.07, 6.45) is 4.03. The van der Waals surface area contributed by atoms with Gasteiger partial charge in [-0.3, -0.25) is 9.78 Å². The number of carbonyl (C=O) groups is 1. The molecular formula is C13H17N3O5S2. The van der Waals surface area contributed by atoms with Crippen LogP contribution in [0.1, 0.15) is 10.4 Å². The van der Waals surface area contributed by atoms with Gasteiger partial charge in [0, 0.05) is 25.5 Å². The zero-order chi connectivity index (χ0) is 16.8. The lowest BCUT2D eigenvalue weighted by Crippen LogP contribution is -2.61. The van der Waals surface area contributed by atoms with Gasteiger partial charge < -0.3 is 4.90 Å². The standard InChI is InChI=1S/C13H17N3O5S2/c1-22(18,19)16-6-5-15(11-8-23(20,21)9-12(11)16)13(17)10-3-2-4-14-7-10/h2-4,7,11-12H,5-6,8-9H2,1H3/t11-,12+/m1/s1. The number of amides is 1. The molecule has 10 heteroatoms. The van der Waals surface area contributed by atoms with Gasteiger partial charge in [-0.2, -0.15) is 4.31 Å². The van der Waals surface area contributed by atoms with Crippen LogP contribution < -0.4 is 0 Å². The van der Waals surface area contributed by atoms with Gasteiger partial charge in [0.15, 0.2) is 9.84 Å². The molecule has 2 aliphatic heterocycles. The molecule has 1 amide bonds. The SMILES string of the molecule is CS(=O)(=O)N1CCN(C(=O)c2cccnc2)[C@@H]2CS(=O)(=O)C[C@@H]21. The number of aromatic nitrogens is 1. The van der Waals surface area contributed by atoms with Gasteiger partial charge in [-0.1, -0.05) is 0 Å². The highest BCUT2D eigenvalue weighted by molar-refractivity contribution is 7.92. The Labute approximate surface area is 135 Å². The fourth-order valence-electron chi connectivity index (χ4n) is 3.24. The van der Waals surface area contributed by atoms with Gasteiger partial charge >= 0.3 is 0 Å². The Morgan fingerprint density at radius 3 is 2.57 bits per heavy atom. The predicted octanol–water partition coefficient (Wildman–Crippen LogP) is -1.04. The summed E-state index contributed by atoms with van der Waals surface area (Å²) in [5.41, 5.74) is 0.364. The Morgan fingerprint density at radius 2 is 1.96 bits per heavy atom. The molecule has 2 saturated heterocycles. The molecule has 0 N–H and O–H groups in total. The predicted molar refractivity (Wildman–Crippen MR) is 83.1 cm³/mol. The van der Waals surface area contributed by atoms with Gasteiger partial charge in [-0.25, -0.2) is 16.8 Å². The maximum atomic E-state index is 12.6. The number of sulfonamides is 1. The number of fused-ring (bicyclic) bond motifs is 1. The van der Waals surface area contributed by atoms with Gasteiger partial charge in [0.1, 0.15) is 0 Å². The van der Waals surface area contributed by atoms with E-state index < -0.39 is 31.9 Å². The fraction of sp³-hybridized carbons (Fsp3) is 0.538. The first-order valence-electron chi connectivity index (χ1n) is 7.07. The molecule has 1 aromatic rings. The van der Waals surface area contributed by atoms with Crippen LogP contribution in [0, 0.1) is 0 Å².